The lowest BCUT2D eigenvalue weighted by molar-refractivity contribution is 0.413. The van der Waals surface area contributed by atoms with Gasteiger partial charge in [-0.15, -0.1) is 0 Å². The number of hydrogen-bond acceptors (Lipinski definition) is 2. The molecule has 0 atom stereocenters. The molecule has 3 heteroatoms. The van der Waals surface area contributed by atoms with Crippen molar-refractivity contribution in [2.24, 2.45) is 5.73 Å². The van der Waals surface area contributed by atoms with E-state index >= 15 is 0 Å². The first-order valence-corrected chi connectivity index (χ1v) is 8.81. The molecule has 2 aromatic carbocycles. The van der Waals surface area contributed by atoms with Gasteiger partial charge in [0.15, 0.2) is 0 Å². The third kappa shape index (κ3) is 2.95. The maximum absolute atomic E-state index is 6.10. The van der Waals surface area contributed by atoms with Gasteiger partial charge in [-0.25, -0.2) is 0 Å². The monoisotopic (exact) mass is 271 g/mol. The Kier molecular flexibility index (Phi) is 4.91. The van der Waals surface area contributed by atoms with Crippen molar-refractivity contribution in [2.45, 2.75) is 12.5 Å². The molecule has 0 aromatic heterocycles. The topological polar surface area (TPSA) is 35.2 Å². The molecule has 2 N–H and O–H groups in total. The average Bonchev–Trinajstić information content (AvgIpc) is 2.51. The minimum Gasteiger partial charge on any atom is -0.411 e. The molecule has 0 aliphatic heterocycles. The van der Waals surface area contributed by atoms with Gasteiger partial charge in [-0.3, -0.25) is 0 Å². The molecule has 0 saturated carbocycles. The van der Waals surface area contributed by atoms with E-state index in [1.807, 2.05) is 19.2 Å². The third-order valence-corrected chi connectivity index (χ3v) is 7.85. The lowest BCUT2D eigenvalue weighted by atomic mass is 10.4. The van der Waals surface area contributed by atoms with Crippen LogP contribution in [0.1, 0.15) is 6.42 Å². The van der Waals surface area contributed by atoms with Gasteiger partial charge in [-0.1, -0.05) is 60.7 Å². The molecule has 0 amide bonds. The normalized spacial score (nSPS) is 11.5. The molecular weight excluding hydrogens is 250 g/mol. The molecule has 0 aliphatic rings. The molecule has 0 radical (unpaired) electrons. The quantitative estimate of drug-likeness (QED) is 0.812. The van der Waals surface area contributed by atoms with Crippen molar-refractivity contribution in [3.8, 4) is 0 Å². The summed E-state index contributed by atoms with van der Waals surface area (Å²) in [7, 11) is -0.287. The van der Waals surface area contributed by atoms with Gasteiger partial charge in [0.1, 0.15) is 0 Å². The standard InChI is InChI=1S/C16H21NOSi/c1-18-19(14-8-13-17,15-9-4-2-5-10-15)16-11-6-3-7-12-16/h2-7,9-12H,8,13-14,17H2,1H3. The number of rotatable bonds is 6. The highest BCUT2D eigenvalue weighted by molar-refractivity contribution is 6.97. The van der Waals surface area contributed by atoms with Crippen molar-refractivity contribution in [2.75, 3.05) is 13.7 Å². The second-order valence-electron chi connectivity index (χ2n) is 4.66. The largest absolute Gasteiger partial charge is 0.411 e. The molecule has 0 aliphatic carbocycles. The Morgan fingerprint density at radius 1 is 0.895 bits per heavy atom. The predicted octanol–water partition coefficient (Wildman–Crippen LogP) is 1.74. The van der Waals surface area contributed by atoms with Crippen molar-refractivity contribution in [1.29, 1.82) is 0 Å². The van der Waals surface area contributed by atoms with Gasteiger partial charge in [-0.2, -0.15) is 0 Å². The highest BCUT2D eigenvalue weighted by Crippen LogP contribution is 2.14. The Labute approximate surface area is 116 Å². The molecule has 0 fully saturated rings. The Balaban J connectivity index is 2.48. The summed E-state index contributed by atoms with van der Waals surface area (Å²) in [5, 5.41) is 2.63. The first-order chi connectivity index (χ1) is 9.33. The SMILES string of the molecule is CO[Si](CCCN)(c1ccccc1)c1ccccc1. The molecule has 2 rings (SSSR count). The van der Waals surface area contributed by atoms with E-state index < -0.39 is 8.32 Å². The van der Waals surface area contributed by atoms with Gasteiger partial charge >= 0.3 is 0 Å². The van der Waals surface area contributed by atoms with Crippen LogP contribution in [0.3, 0.4) is 0 Å². The average molecular weight is 271 g/mol. The van der Waals surface area contributed by atoms with Crippen LogP contribution in [-0.4, -0.2) is 22.0 Å². The van der Waals surface area contributed by atoms with Crippen LogP contribution in [0.5, 0.6) is 0 Å². The molecule has 100 valence electrons. The summed E-state index contributed by atoms with van der Waals surface area (Å²) in [5.41, 5.74) is 5.71. The Morgan fingerprint density at radius 2 is 1.37 bits per heavy atom. The second-order valence-corrected chi connectivity index (χ2v) is 8.37. The van der Waals surface area contributed by atoms with Crippen LogP contribution in [0, 0.1) is 0 Å². The zero-order valence-corrected chi connectivity index (χ0v) is 12.4. The van der Waals surface area contributed by atoms with Crippen LogP contribution in [0.2, 0.25) is 6.04 Å². The van der Waals surface area contributed by atoms with Gasteiger partial charge in [0, 0.05) is 7.11 Å². The Bertz CT molecular complexity index is 447. The summed E-state index contributed by atoms with van der Waals surface area (Å²) in [5.74, 6) is 0. The minimum atomic E-state index is -2.12. The molecule has 2 nitrogen and oxygen atoms in total. The molecule has 0 spiro atoms. The van der Waals surface area contributed by atoms with E-state index in [0.29, 0.717) is 6.54 Å². The van der Waals surface area contributed by atoms with Crippen molar-refractivity contribution in [3.63, 3.8) is 0 Å². The summed E-state index contributed by atoms with van der Waals surface area (Å²) in [6.45, 7) is 0.706. The maximum atomic E-state index is 6.10. The van der Waals surface area contributed by atoms with E-state index in [4.69, 9.17) is 10.2 Å². The number of nitrogens with two attached hydrogens (primary N) is 1. The molecule has 0 bridgehead atoms. The maximum Gasteiger partial charge on any atom is 0.255 e. The summed E-state index contributed by atoms with van der Waals surface area (Å²) in [6, 6.07) is 22.2. The zero-order chi connectivity index (χ0) is 13.6. The highest BCUT2D eigenvalue weighted by atomic mass is 28.4. The third-order valence-electron chi connectivity index (χ3n) is 3.56. The smallest absolute Gasteiger partial charge is 0.255 e. The van der Waals surface area contributed by atoms with Crippen LogP contribution in [-0.2, 0) is 4.43 Å². The molecular formula is C16H21NOSi. The van der Waals surface area contributed by atoms with Crippen molar-refractivity contribution in [1.82, 2.24) is 0 Å². The van der Waals surface area contributed by atoms with Crippen LogP contribution in [0.4, 0.5) is 0 Å². The minimum absolute atomic E-state index is 0.706. The van der Waals surface area contributed by atoms with Crippen molar-refractivity contribution in [3.05, 3.63) is 60.7 Å². The molecule has 0 unspecified atom stereocenters. The fraction of sp³-hybridized carbons (Fsp3) is 0.250. The van der Waals surface area contributed by atoms with Crippen molar-refractivity contribution >= 4 is 18.7 Å². The highest BCUT2D eigenvalue weighted by Gasteiger charge is 2.37. The lowest BCUT2D eigenvalue weighted by Crippen LogP contribution is -2.60. The number of benzene rings is 2. The molecule has 0 heterocycles. The Hall–Kier alpha value is -1.42. The molecule has 19 heavy (non-hydrogen) atoms. The van der Waals surface area contributed by atoms with Crippen molar-refractivity contribution < 1.29 is 4.43 Å². The van der Waals surface area contributed by atoms with Crippen LogP contribution >= 0.6 is 0 Å². The summed E-state index contributed by atoms with van der Waals surface area (Å²) in [6.07, 6.45) is 0.990. The summed E-state index contributed by atoms with van der Waals surface area (Å²) >= 11 is 0. The fourth-order valence-corrected chi connectivity index (χ4v) is 6.31. The van der Waals surface area contributed by atoms with Gasteiger partial charge in [-0.05, 0) is 29.4 Å². The first-order valence-electron chi connectivity index (χ1n) is 6.70. The molecule has 2 aromatic rings. The van der Waals surface area contributed by atoms with E-state index in [9.17, 15) is 0 Å². The van der Waals surface area contributed by atoms with Crippen LogP contribution in [0.15, 0.2) is 60.7 Å². The van der Waals surface area contributed by atoms with E-state index in [1.54, 1.807) is 0 Å². The van der Waals surface area contributed by atoms with Gasteiger partial charge in [0.2, 0.25) is 0 Å². The van der Waals surface area contributed by atoms with Gasteiger partial charge < -0.3 is 10.2 Å². The number of hydrogen-bond donors (Lipinski definition) is 1. The van der Waals surface area contributed by atoms with Gasteiger partial charge in [0.25, 0.3) is 8.32 Å². The fourth-order valence-electron chi connectivity index (χ4n) is 2.56. The predicted molar refractivity (Wildman–Crippen MR) is 83.4 cm³/mol. The zero-order valence-electron chi connectivity index (χ0n) is 11.4. The second kappa shape index (κ2) is 6.66. The summed E-state index contributed by atoms with van der Waals surface area (Å²) < 4.78 is 6.10. The van der Waals surface area contributed by atoms with E-state index in [2.05, 4.69) is 48.5 Å². The first kappa shape index (κ1) is 14.0. The van der Waals surface area contributed by atoms with Crippen LogP contribution < -0.4 is 16.1 Å². The molecule has 0 saturated heterocycles. The van der Waals surface area contributed by atoms with E-state index in [-0.39, 0.29) is 0 Å². The van der Waals surface area contributed by atoms with E-state index in [1.165, 1.54) is 10.4 Å². The van der Waals surface area contributed by atoms with Crippen LogP contribution in [0.25, 0.3) is 0 Å². The van der Waals surface area contributed by atoms with Gasteiger partial charge in [0.05, 0.1) is 0 Å². The lowest BCUT2D eigenvalue weighted by Gasteiger charge is -2.30. The summed E-state index contributed by atoms with van der Waals surface area (Å²) in [4.78, 5) is 0. The Morgan fingerprint density at radius 3 is 1.74 bits per heavy atom. The van der Waals surface area contributed by atoms with E-state index in [0.717, 1.165) is 12.5 Å².